The van der Waals surface area contributed by atoms with E-state index in [-0.39, 0.29) is 6.54 Å². The number of hydrogen-bond acceptors (Lipinski definition) is 4. The SMILES string of the molecule is CN(C)c1ccc(C(O)CNC(=O)C(=O)NCC(F)(F)F)cc1. The summed E-state index contributed by atoms with van der Waals surface area (Å²) in [6.45, 7) is -1.88. The molecule has 6 nitrogen and oxygen atoms in total. The monoisotopic (exact) mass is 333 g/mol. The van der Waals surface area contributed by atoms with Crippen LogP contribution in [0.4, 0.5) is 18.9 Å². The van der Waals surface area contributed by atoms with Gasteiger partial charge in [-0.3, -0.25) is 9.59 Å². The van der Waals surface area contributed by atoms with E-state index >= 15 is 0 Å². The number of aliphatic hydroxyl groups is 1. The number of aliphatic hydroxyl groups excluding tert-OH is 1. The number of hydrogen-bond donors (Lipinski definition) is 3. The maximum atomic E-state index is 11.9. The summed E-state index contributed by atoms with van der Waals surface area (Å²) in [4.78, 5) is 24.3. The smallest absolute Gasteiger partial charge is 0.387 e. The second kappa shape index (κ2) is 7.82. The topological polar surface area (TPSA) is 81.7 Å². The molecule has 9 heteroatoms. The average Bonchev–Trinajstić information content (AvgIpc) is 2.49. The average molecular weight is 333 g/mol. The minimum absolute atomic E-state index is 0.292. The Bertz CT molecular complexity index is 544. The second-order valence-electron chi connectivity index (χ2n) is 5.01. The highest BCUT2D eigenvalue weighted by Gasteiger charge is 2.29. The Kier molecular flexibility index (Phi) is 6.38. The van der Waals surface area contributed by atoms with Crippen LogP contribution in [0, 0.1) is 0 Å². The van der Waals surface area contributed by atoms with Crippen molar-refractivity contribution in [3.8, 4) is 0 Å². The van der Waals surface area contributed by atoms with Crippen molar-refractivity contribution in [3.63, 3.8) is 0 Å². The predicted molar refractivity (Wildman–Crippen MR) is 77.8 cm³/mol. The second-order valence-corrected chi connectivity index (χ2v) is 5.01. The first kappa shape index (κ1) is 18.8. The number of carbonyl (C=O) groups excluding carboxylic acids is 2. The van der Waals surface area contributed by atoms with E-state index in [9.17, 15) is 27.9 Å². The lowest BCUT2D eigenvalue weighted by atomic mass is 10.1. The van der Waals surface area contributed by atoms with Crippen LogP contribution in [0.15, 0.2) is 24.3 Å². The molecule has 1 aromatic rings. The van der Waals surface area contributed by atoms with Crippen LogP contribution in [0.3, 0.4) is 0 Å². The van der Waals surface area contributed by atoms with Crippen LogP contribution in [0.25, 0.3) is 0 Å². The summed E-state index contributed by atoms with van der Waals surface area (Å²) in [7, 11) is 3.70. The van der Waals surface area contributed by atoms with Crippen LogP contribution < -0.4 is 15.5 Å². The molecule has 0 heterocycles. The lowest BCUT2D eigenvalue weighted by Gasteiger charge is -2.15. The lowest BCUT2D eigenvalue weighted by Crippen LogP contribution is -2.44. The molecule has 0 aliphatic heterocycles. The molecule has 3 N–H and O–H groups in total. The summed E-state index contributed by atoms with van der Waals surface area (Å²) in [6, 6.07) is 6.82. The van der Waals surface area contributed by atoms with E-state index in [1.807, 2.05) is 19.0 Å². The van der Waals surface area contributed by atoms with Crippen LogP contribution >= 0.6 is 0 Å². The molecular weight excluding hydrogens is 315 g/mol. The molecule has 0 aliphatic rings. The molecule has 23 heavy (non-hydrogen) atoms. The number of anilines is 1. The molecule has 0 aromatic heterocycles. The minimum atomic E-state index is -4.59. The van der Waals surface area contributed by atoms with E-state index in [0.29, 0.717) is 5.56 Å². The number of benzene rings is 1. The van der Waals surface area contributed by atoms with Crippen molar-refractivity contribution in [1.29, 1.82) is 0 Å². The van der Waals surface area contributed by atoms with Gasteiger partial charge in [-0.2, -0.15) is 13.2 Å². The third-order valence-corrected chi connectivity index (χ3v) is 2.91. The van der Waals surface area contributed by atoms with Gasteiger partial charge in [0.15, 0.2) is 0 Å². The van der Waals surface area contributed by atoms with Gasteiger partial charge < -0.3 is 20.6 Å². The largest absolute Gasteiger partial charge is 0.405 e. The summed E-state index contributed by atoms with van der Waals surface area (Å²) in [6.07, 6.45) is -5.67. The van der Waals surface area contributed by atoms with Gasteiger partial charge in [-0.15, -0.1) is 0 Å². The number of halogens is 3. The summed E-state index contributed by atoms with van der Waals surface area (Å²) in [5.41, 5.74) is 1.42. The number of rotatable bonds is 5. The Hall–Kier alpha value is -2.29. The fraction of sp³-hybridized carbons (Fsp3) is 0.429. The third kappa shape index (κ3) is 6.55. The Morgan fingerprint density at radius 2 is 1.65 bits per heavy atom. The van der Waals surface area contributed by atoms with Gasteiger partial charge in [0.25, 0.3) is 0 Å². The molecule has 2 amide bonds. The fourth-order valence-electron chi connectivity index (χ4n) is 1.64. The van der Waals surface area contributed by atoms with Crippen LogP contribution in [0.1, 0.15) is 11.7 Å². The zero-order valence-corrected chi connectivity index (χ0v) is 12.6. The van der Waals surface area contributed by atoms with Crippen molar-refractivity contribution < 1.29 is 27.9 Å². The third-order valence-electron chi connectivity index (χ3n) is 2.91. The first-order valence-corrected chi connectivity index (χ1v) is 6.68. The van der Waals surface area contributed by atoms with Crippen molar-refractivity contribution in [2.45, 2.75) is 12.3 Å². The highest BCUT2D eigenvalue weighted by molar-refractivity contribution is 6.35. The van der Waals surface area contributed by atoms with Gasteiger partial charge >= 0.3 is 18.0 Å². The fourth-order valence-corrected chi connectivity index (χ4v) is 1.64. The number of carbonyl (C=O) groups is 2. The Morgan fingerprint density at radius 1 is 1.13 bits per heavy atom. The van der Waals surface area contributed by atoms with Crippen LogP contribution in [0.5, 0.6) is 0 Å². The van der Waals surface area contributed by atoms with Gasteiger partial charge in [0.1, 0.15) is 6.54 Å². The van der Waals surface area contributed by atoms with Gasteiger partial charge in [-0.1, -0.05) is 12.1 Å². The lowest BCUT2D eigenvalue weighted by molar-refractivity contribution is -0.146. The molecule has 0 fully saturated rings. The molecular formula is C14H18F3N3O3. The normalized spacial score (nSPS) is 12.4. The van der Waals surface area contributed by atoms with Crippen molar-refractivity contribution in [2.24, 2.45) is 0 Å². The Balaban J connectivity index is 2.47. The van der Waals surface area contributed by atoms with E-state index in [1.54, 1.807) is 24.3 Å². The highest BCUT2D eigenvalue weighted by Crippen LogP contribution is 2.17. The first-order valence-electron chi connectivity index (χ1n) is 6.68. The van der Waals surface area contributed by atoms with E-state index in [4.69, 9.17) is 0 Å². The Labute approximate surface area is 131 Å². The van der Waals surface area contributed by atoms with Gasteiger partial charge in [-0.25, -0.2) is 0 Å². The molecule has 128 valence electrons. The van der Waals surface area contributed by atoms with E-state index < -0.39 is 30.6 Å². The molecule has 0 spiro atoms. The number of alkyl halides is 3. The van der Waals surface area contributed by atoms with Gasteiger partial charge in [0, 0.05) is 26.3 Å². The molecule has 1 unspecified atom stereocenters. The quantitative estimate of drug-likeness (QED) is 0.689. The molecule has 0 aliphatic carbocycles. The van der Waals surface area contributed by atoms with Crippen molar-refractivity contribution in [2.75, 3.05) is 32.1 Å². The molecule has 0 radical (unpaired) electrons. The van der Waals surface area contributed by atoms with E-state index in [1.165, 1.54) is 5.32 Å². The van der Waals surface area contributed by atoms with Gasteiger partial charge in [0.2, 0.25) is 0 Å². The van der Waals surface area contributed by atoms with Crippen LogP contribution in [0.2, 0.25) is 0 Å². The molecule has 1 aromatic carbocycles. The molecule has 0 saturated heterocycles. The molecule has 0 saturated carbocycles. The number of nitrogens with one attached hydrogen (secondary N) is 2. The number of amides is 2. The van der Waals surface area contributed by atoms with E-state index in [0.717, 1.165) is 5.69 Å². The predicted octanol–water partition coefficient (Wildman–Crippen LogP) is 0.581. The molecule has 1 atom stereocenters. The summed E-state index contributed by atoms with van der Waals surface area (Å²) in [5.74, 6) is -2.64. The highest BCUT2D eigenvalue weighted by atomic mass is 19.4. The zero-order chi connectivity index (χ0) is 17.6. The maximum Gasteiger partial charge on any atom is 0.405 e. The number of nitrogens with zero attached hydrogens (tertiary/aromatic N) is 1. The van der Waals surface area contributed by atoms with Gasteiger partial charge in [0.05, 0.1) is 6.10 Å². The van der Waals surface area contributed by atoms with Crippen molar-refractivity contribution in [1.82, 2.24) is 10.6 Å². The molecule has 0 bridgehead atoms. The molecule has 1 rings (SSSR count). The standard InChI is InChI=1S/C14H18F3N3O3/c1-20(2)10-5-3-9(4-6-10)11(21)7-18-12(22)13(23)19-8-14(15,16)17/h3-6,11,21H,7-8H2,1-2H3,(H,18,22)(H,19,23). The minimum Gasteiger partial charge on any atom is -0.387 e. The van der Waals surface area contributed by atoms with Crippen LogP contribution in [-0.4, -0.2) is 50.3 Å². The van der Waals surface area contributed by atoms with Crippen LogP contribution in [-0.2, 0) is 9.59 Å². The van der Waals surface area contributed by atoms with Gasteiger partial charge in [-0.05, 0) is 17.7 Å². The maximum absolute atomic E-state index is 11.9. The van der Waals surface area contributed by atoms with Crippen molar-refractivity contribution >= 4 is 17.5 Å². The first-order chi connectivity index (χ1) is 10.6. The Morgan fingerprint density at radius 3 is 2.13 bits per heavy atom. The zero-order valence-electron chi connectivity index (χ0n) is 12.6. The van der Waals surface area contributed by atoms with E-state index in [2.05, 4.69) is 5.32 Å². The van der Waals surface area contributed by atoms with Crippen molar-refractivity contribution in [3.05, 3.63) is 29.8 Å². The summed E-state index contributed by atoms with van der Waals surface area (Å²) < 4.78 is 35.7. The summed E-state index contributed by atoms with van der Waals surface area (Å²) >= 11 is 0. The summed E-state index contributed by atoms with van der Waals surface area (Å²) in [5, 5.41) is 13.4.